The molecule has 1 heterocycles. The summed E-state index contributed by atoms with van der Waals surface area (Å²) in [6.45, 7) is 13.1. The van der Waals surface area contributed by atoms with Crippen LogP contribution in [0.5, 0.6) is 0 Å². The van der Waals surface area contributed by atoms with Gasteiger partial charge in [0.1, 0.15) is 0 Å². The van der Waals surface area contributed by atoms with Crippen molar-refractivity contribution in [3.8, 4) is 0 Å². The van der Waals surface area contributed by atoms with E-state index >= 15 is 0 Å². The first-order valence-corrected chi connectivity index (χ1v) is 7.23. The van der Waals surface area contributed by atoms with E-state index in [0.717, 1.165) is 32.7 Å². The van der Waals surface area contributed by atoms with Gasteiger partial charge in [-0.05, 0) is 26.2 Å². The largest absolute Gasteiger partial charge is 0.392 e. The monoisotopic (exact) mass is 258 g/mol. The molecular weight excluding hydrogens is 228 g/mol. The van der Waals surface area contributed by atoms with Gasteiger partial charge in [-0.3, -0.25) is 4.90 Å². The van der Waals surface area contributed by atoms with E-state index in [4.69, 9.17) is 4.74 Å². The molecule has 2 unspecified atom stereocenters. The van der Waals surface area contributed by atoms with Crippen molar-refractivity contribution in [1.82, 2.24) is 10.2 Å². The highest BCUT2D eigenvalue weighted by Gasteiger charge is 2.21. The van der Waals surface area contributed by atoms with Gasteiger partial charge in [-0.25, -0.2) is 0 Å². The van der Waals surface area contributed by atoms with Crippen molar-refractivity contribution >= 4 is 0 Å². The predicted molar refractivity (Wildman–Crippen MR) is 74.8 cm³/mol. The van der Waals surface area contributed by atoms with Gasteiger partial charge in [0.2, 0.25) is 0 Å². The summed E-state index contributed by atoms with van der Waals surface area (Å²) in [6.07, 6.45) is 0.874. The van der Waals surface area contributed by atoms with Gasteiger partial charge in [0.05, 0.1) is 18.8 Å². The number of hydrogen-bond acceptors (Lipinski definition) is 4. The second-order valence-electron chi connectivity index (χ2n) is 6.02. The summed E-state index contributed by atoms with van der Waals surface area (Å²) in [6, 6.07) is 0.586. The highest BCUT2D eigenvalue weighted by atomic mass is 16.5. The maximum Gasteiger partial charge on any atom is 0.0826 e. The number of nitrogens with one attached hydrogen (secondary N) is 1. The van der Waals surface area contributed by atoms with Crippen molar-refractivity contribution < 1.29 is 9.84 Å². The summed E-state index contributed by atoms with van der Waals surface area (Å²) >= 11 is 0. The molecule has 1 aliphatic heterocycles. The second-order valence-corrected chi connectivity index (χ2v) is 6.02. The lowest BCUT2D eigenvalue weighted by atomic mass is 10.1. The third kappa shape index (κ3) is 6.14. The fraction of sp³-hybridized carbons (Fsp3) is 1.00. The van der Waals surface area contributed by atoms with Gasteiger partial charge in [-0.15, -0.1) is 0 Å². The quantitative estimate of drug-likeness (QED) is 0.717. The first-order chi connectivity index (χ1) is 8.49. The Morgan fingerprint density at radius 1 is 1.33 bits per heavy atom. The molecule has 1 rings (SSSR count). The average Bonchev–Trinajstić information content (AvgIpc) is 2.28. The van der Waals surface area contributed by atoms with E-state index in [1.807, 2.05) is 0 Å². The smallest absolute Gasteiger partial charge is 0.0826 e. The third-order valence-corrected chi connectivity index (χ3v) is 3.40. The molecule has 0 bridgehead atoms. The molecule has 0 aliphatic carbocycles. The molecular formula is C14H30N2O2. The van der Waals surface area contributed by atoms with Crippen LogP contribution in [0.25, 0.3) is 0 Å². The Morgan fingerprint density at radius 2 is 2.06 bits per heavy atom. The van der Waals surface area contributed by atoms with Crippen LogP contribution in [0.3, 0.4) is 0 Å². The molecule has 0 amide bonds. The zero-order chi connectivity index (χ0) is 13.5. The molecule has 2 atom stereocenters. The molecule has 2 N–H and O–H groups in total. The minimum atomic E-state index is -0.241. The summed E-state index contributed by atoms with van der Waals surface area (Å²) in [5, 5.41) is 13.1. The van der Waals surface area contributed by atoms with E-state index in [1.165, 1.54) is 0 Å². The Kier molecular flexibility index (Phi) is 7.15. The van der Waals surface area contributed by atoms with Crippen LogP contribution < -0.4 is 5.32 Å². The van der Waals surface area contributed by atoms with Gasteiger partial charge >= 0.3 is 0 Å². The number of nitrogens with zero attached hydrogens (tertiary/aromatic N) is 1. The van der Waals surface area contributed by atoms with Crippen LogP contribution in [0.4, 0.5) is 0 Å². The fourth-order valence-corrected chi connectivity index (χ4v) is 2.37. The lowest BCUT2D eigenvalue weighted by Gasteiger charge is -2.35. The van der Waals surface area contributed by atoms with Gasteiger partial charge in [0.25, 0.3) is 0 Å². The van der Waals surface area contributed by atoms with Crippen LogP contribution in [0, 0.1) is 5.92 Å². The lowest BCUT2D eigenvalue weighted by molar-refractivity contribution is -0.0380. The molecule has 0 radical (unpaired) electrons. The Balaban J connectivity index is 2.15. The van der Waals surface area contributed by atoms with Gasteiger partial charge < -0.3 is 15.2 Å². The molecule has 0 aromatic carbocycles. The summed E-state index contributed by atoms with van der Waals surface area (Å²) < 4.78 is 5.74. The van der Waals surface area contributed by atoms with Crippen molar-refractivity contribution in [2.24, 2.45) is 5.92 Å². The molecule has 0 aromatic rings. The summed E-state index contributed by atoms with van der Waals surface area (Å²) in [5.74, 6) is 0.546. The SMILES string of the molecule is CC(C)CC(O)CNCC1CN(C(C)C)CCO1. The molecule has 0 saturated carbocycles. The molecule has 4 nitrogen and oxygen atoms in total. The van der Waals surface area contributed by atoms with Crippen molar-refractivity contribution in [2.75, 3.05) is 32.8 Å². The molecule has 18 heavy (non-hydrogen) atoms. The van der Waals surface area contributed by atoms with Crippen LogP contribution in [-0.4, -0.2) is 61.0 Å². The van der Waals surface area contributed by atoms with E-state index in [0.29, 0.717) is 18.5 Å². The average molecular weight is 258 g/mol. The van der Waals surface area contributed by atoms with Gasteiger partial charge in [-0.2, -0.15) is 0 Å². The number of aliphatic hydroxyl groups excluding tert-OH is 1. The summed E-state index contributed by atoms with van der Waals surface area (Å²) in [4.78, 5) is 2.44. The Bertz CT molecular complexity index is 222. The zero-order valence-corrected chi connectivity index (χ0v) is 12.4. The fourth-order valence-electron chi connectivity index (χ4n) is 2.37. The summed E-state index contributed by atoms with van der Waals surface area (Å²) in [7, 11) is 0. The predicted octanol–water partition coefficient (Wildman–Crippen LogP) is 1.09. The minimum absolute atomic E-state index is 0.241. The van der Waals surface area contributed by atoms with Gasteiger partial charge in [0, 0.05) is 32.2 Å². The molecule has 4 heteroatoms. The number of morpholine rings is 1. The first-order valence-electron chi connectivity index (χ1n) is 7.23. The van der Waals surface area contributed by atoms with Crippen molar-refractivity contribution in [3.05, 3.63) is 0 Å². The van der Waals surface area contributed by atoms with E-state index in [2.05, 4.69) is 37.9 Å². The Hall–Kier alpha value is -0.160. The Labute approximate surface area is 112 Å². The van der Waals surface area contributed by atoms with E-state index < -0.39 is 0 Å². The van der Waals surface area contributed by atoms with Crippen LogP contribution in [0.15, 0.2) is 0 Å². The first kappa shape index (κ1) is 15.9. The maximum atomic E-state index is 9.78. The van der Waals surface area contributed by atoms with Crippen LogP contribution in [0.2, 0.25) is 0 Å². The van der Waals surface area contributed by atoms with Crippen molar-refractivity contribution in [3.63, 3.8) is 0 Å². The van der Waals surface area contributed by atoms with E-state index in [1.54, 1.807) is 0 Å². The topological polar surface area (TPSA) is 44.7 Å². The number of ether oxygens (including phenoxy) is 1. The Morgan fingerprint density at radius 3 is 2.67 bits per heavy atom. The molecule has 1 aliphatic rings. The van der Waals surface area contributed by atoms with Crippen LogP contribution >= 0.6 is 0 Å². The number of aliphatic hydroxyl groups is 1. The molecule has 0 spiro atoms. The van der Waals surface area contributed by atoms with E-state index in [-0.39, 0.29) is 12.2 Å². The van der Waals surface area contributed by atoms with Crippen LogP contribution in [0.1, 0.15) is 34.1 Å². The van der Waals surface area contributed by atoms with Crippen molar-refractivity contribution in [1.29, 1.82) is 0 Å². The zero-order valence-electron chi connectivity index (χ0n) is 12.4. The standard InChI is InChI=1S/C14H30N2O2/c1-11(2)7-13(17)8-15-9-14-10-16(12(3)4)5-6-18-14/h11-15,17H,5-10H2,1-4H3. The highest BCUT2D eigenvalue weighted by molar-refractivity contribution is 4.76. The molecule has 108 valence electrons. The van der Waals surface area contributed by atoms with Crippen molar-refractivity contribution in [2.45, 2.75) is 52.4 Å². The third-order valence-electron chi connectivity index (χ3n) is 3.40. The van der Waals surface area contributed by atoms with Gasteiger partial charge in [-0.1, -0.05) is 13.8 Å². The summed E-state index contributed by atoms with van der Waals surface area (Å²) in [5.41, 5.74) is 0. The number of rotatable bonds is 7. The second kappa shape index (κ2) is 8.10. The molecule has 1 fully saturated rings. The normalized spacial score (nSPS) is 23.8. The van der Waals surface area contributed by atoms with Crippen LogP contribution in [-0.2, 0) is 4.74 Å². The maximum absolute atomic E-state index is 9.78. The van der Waals surface area contributed by atoms with E-state index in [9.17, 15) is 5.11 Å². The lowest BCUT2D eigenvalue weighted by Crippen LogP contribution is -2.49. The highest BCUT2D eigenvalue weighted by Crippen LogP contribution is 2.08. The minimum Gasteiger partial charge on any atom is -0.392 e. The van der Waals surface area contributed by atoms with Gasteiger partial charge in [0.15, 0.2) is 0 Å². The number of hydrogen-bond donors (Lipinski definition) is 2. The molecule has 0 aromatic heterocycles. The molecule has 1 saturated heterocycles.